The van der Waals surface area contributed by atoms with Crippen LogP contribution in [-0.4, -0.2) is 12.4 Å². The molecule has 0 N–H and O–H groups in total. The Kier molecular flexibility index (Phi) is 1.31. The largest absolute Gasteiger partial charge is 0.500 e. The van der Waals surface area contributed by atoms with Gasteiger partial charge in [-0.15, -0.1) is 0 Å². The minimum Gasteiger partial charge on any atom is -0.500 e. The zero-order valence-electron chi connectivity index (χ0n) is 6.72. The summed E-state index contributed by atoms with van der Waals surface area (Å²) in [5.74, 6) is 0.315. The first kappa shape index (κ1) is 6.89. The first-order chi connectivity index (χ1) is 5.22. The van der Waals surface area contributed by atoms with Crippen LogP contribution in [-0.2, 0) is 9.53 Å². The van der Waals surface area contributed by atoms with Gasteiger partial charge in [0.25, 0.3) is 0 Å². The molecule has 0 amide bonds. The first-order valence-electron chi connectivity index (χ1n) is 4.08. The van der Waals surface area contributed by atoms with Gasteiger partial charge in [-0.3, -0.25) is 4.79 Å². The van der Waals surface area contributed by atoms with Gasteiger partial charge in [0, 0.05) is 17.4 Å². The molecular formula is C9H12O2. The third-order valence-electron chi connectivity index (χ3n) is 2.55. The number of ketones is 1. The monoisotopic (exact) mass is 152 g/mol. The number of ether oxygens (including phenoxy) is 1. The van der Waals surface area contributed by atoms with Crippen molar-refractivity contribution in [2.24, 2.45) is 5.41 Å². The molecule has 0 saturated heterocycles. The molecule has 2 heteroatoms. The Morgan fingerprint density at radius 2 is 2.36 bits per heavy atom. The lowest BCUT2D eigenvalue weighted by atomic mass is 9.96. The van der Waals surface area contributed by atoms with E-state index in [1.54, 1.807) is 6.26 Å². The third kappa shape index (κ3) is 1.06. The molecular weight excluding hydrogens is 140 g/mol. The van der Waals surface area contributed by atoms with Gasteiger partial charge in [-0.2, -0.15) is 0 Å². The third-order valence-corrected chi connectivity index (χ3v) is 2.55. The van der Waals surface area contributed by atoms with Crippen LogP contribution in [0.4, 0.5) is 0 Å². The zero-order valence-corrected chi connectivity index (χ0v) is 6.72. The standard InChI is InChI=1S/C9H12O2/c1-9(3-4-9)8(10)7-2-5-11-6-7/h6H,2-5H2,1H3. The van der Waals surface area contributed by atoms with Gasteiger partial charge in [0.15, 0.2) is 5.78 Å². The van der Waals surface area contributed by atoms with E-state index in [1.165, 1.54) is 0 Å². The molecule has 1 saturated carbocycles. The van der Waals surface area contributed by atoms with Crippen LogP contribution in [0, 0.1) is 5.41 Å². The van der Waals surface area contributed by atoms with Crippen molar-refractivity contribution in [2.45, 2.75) is 26.2 Å². The number of rotatable bonds is 2. The Balaban J connectivity index is 2.10. The maximum atomic E-state index is 11.6. The summed E-state index contributed by atoms with van der Waals surface area (Å²) in [6.07, 6.45) is 4.56. The van der Waals surface area contributed by atoms with Crippen molar-refractivity contribution in [3.8, 4) is 0 Å². The number of carbonyl (C=O) groups is 1. The molecule has 1 aliphatic carbocycles. The summed E-state index contributed by atoms with van der Waals surface area (Å²) in [6, 6.07) is 0. The summed E-state index contributed by atoms with van der Waals surface area (Å²) < 4.78 is 5.02. The van der Waals surface area contributed by atoms with Crippen LogP contribution >= 0.6 is 0 Å². The molecule has 0 radical (unpaired) electrons. The van der Waals surface area contributed by atoms with Crippen LogP contribution in [0.5, 0.6) is 0 Å². The molecule has 0 bridgehead atoms. The van der Waals surface area contributed by atoms with Gasteiger partial charge in [0.2, 0.25) is 0 Å². The molecule has 0 spiro atoms. The molecule has 2 nitrogen and oxygen atoms in total. The van der Waals surface area contributed by atoms with Crippen LogP contribution in [0.3, 0.4) is 0 Å². The van der Waals surface area contributed by atoms with E-state index in [1.807, 2.05) is 6.92 Å². The average Bonchev–Trinajstić information content (AvgIpc) is 2.54. The van der Waals surface area contributed by atoms with E-state index >= 15 is 0 Å². The molecule has 0 aromatic rings. The minimum atomic E-state index is -0.0144. The number of hydrogen-bond donors (Lipinski definition) is 0. The Labute approximate surface area is 66.2 Å². The Hall–Kier alpha value is -0.790. The van der Waals surface area contributed by atoms with Crippen molar-refractivity contribution in [1.29, 1.82) is 0 Å². The lowest BCUT2D eigenvalue weighted by Crippen LogP contribution is -2.13. The minimum absolute atomic E-state index is 0.0144. The van der Waals surface area contributed by atoms with Gasteiger partial charge in [0.05, 0.1) is 12.9 Å². The quantitative estimate of drug-likeness (QED) is 0.601. The molecule has 0 atom stereocenters. The summed E-state index contributed by atoms with van der Waals surface area (Å²) in [7, 11) is 0. The molecule has 0 aromatic carbocycles. The predicted octanol–water partition coefficient (Wildman–Crippen LogP) is 1.66. The number of Topliss-reactive ketones (excluding diaryl/α,β-unsaturated/α-hetero) is 1. The Bertz CT molecular complexity index is 224. The fraction of sp³-hybridized carbons (Fsp3) is 0.667. The lowest BCUT2D eigenvalue weighted by molar-refractivity contribution is -0.119. The van der Waals surface area contributed by atoms with Crippen LogP contribution in [0.15, 0.2) is 11.8 Å². The fourth-order valence-corrected chi connectivity index (χ4v) is 1.36. The van der Waals surface area contributed by atoms with E-state index in [4.69, 9.17) is 4.74 Å². The number of carbonyl (C=O) groups excluding carboxylic acids is 1. The smallest absolute Gasteiger partial charge is 0.167 e. The van der Waals surface area contributed by atoms with Gasteiger partial charge in [0.1, 0.15) is 0 Å². The van der Waals surface area contributed by atoms with Crippen LogP contribution < -0.4 is 0 Å². The first-order valence-corrected chi connectivity index (χ1v) is 4.08. The summed E-state index contributed by atoms with van der Waals surface area (Å²) in [6.45, 7) is 2.73. The number of hydrogen-bond acceptors (Lipinski definition) is 2. The fourth-order valence-electron chi connectivity index (χ4n) is 1.36. The highest BCUT2D eigenvalue weighted by atomic mass is 16.5. The zero-order chi connectivity index (χ0) is 7.90. The van der Waals surface area contributed by atoms with Crippen molar-refractivity contribution < 1.29 is 9.53 Å². The average molecular weight is 152 g/mol. The Morgan fingerprint density at radius 1 is 1.64 bits per heavy atom. The van der Waals surface area contributed by atoms with Crippen molar-refractivity contribution in [2.75, 3.05) is 6.61 Å². The molecule has 2 aliphatic rings. The van der Waals surface area contributed by atoms with Gasteiger partial charge in [-0.25, -0.2) is 0 Å². The van der Waals surface area contributed by atoms with Crippen molar-refractivity contribution >= 4 is 5.78 Å². The van der Waals surface area contributed by atoms with Gasteiger partial charge >= 0.3 is 0 Å². The van der Waals surface area contributed by atoms with Crippen LogP contribution in [0.2, 0.25) is 0 Å². The molecule has 1 heterocycles. The van der Waals surface area contributed by atoms with Crippen LogP contribution in [0.25, 0.3) is 0 Å². The van der Waals surface area contributed by atoms with E-state index in [2.05, 4.69) is 0 Å². The maximum absolute atomic E-state index is 11.6. The van der Waals surface area contributed by atoms with Crippen molar-refractivity contribution in [1.82, 2.24) is 0 Å². The molecule has 1 aliphatic heterocycles. The second kappa shape index (κ2) is 2.10. The van der Waals surface area contributed by atoms with Crippen molar-refractivity contribution in [3.05, 3.63) is 11.8 Å². The normalized spacial score (nSPS) is 25.7. The molecule has 0 aromatic heterocycles. The topological polar surface area (TPSA) is 26.3 Å². The highest BCUT2D eigenvalue weighted by Crippen LogP contribution is 2.48. The van der Waals surface area contributed by atoms with E-state index in [0.717, 1.165) is 24.8 Å². The van der Waals surface area contributed by atoms with Gasteiger partial charge < -0.3 is 4.74 Å². The van der Waals surface area contributed by atoms with E-state index < -0.39 is 0 Å². The summed E-state index contributed by atoms with van der Waals surface area (Å²) in [4.78, 5) is 11.6. The Morgan fingerprint density at radius 3 is 2.82 bits per heavy atom. The SMILES string of the molecule is CC1(C(=O)C2=COCC2)CC1. The molecule has 1 fully saturated rings. The highest BCUT2D eigenvalue weighted by Gasteiger charge is 2.46. The predicted molar refractivity (Wildman–Crippen MR) is 41.0 cm³/mol. The molecule has 11 heavy (non-hydrogen) atoms. The summed E-state index contributed by atoms with van der Waals surface area (Å²) in [5.41, 5.74) is 0.879. The van der Waals surface area contributed by atoms with Gasteiger partial charge in [-0.1, -0.05) is 6.92 Å². The van der Waals surface area contributed by atoms with E-state index in [-0.39, 0.29) is 5.41 Å². The molecule has 60 valence electrons. The maximum Gasteiger partial charge on any atom is 0.167 e. The lowest BCUT2D eigenvalue weighted by Gasteiger charge is -2.04. The van der Waals surface area contributed by atoms with E-state index in [9.17, 15) is 4.79 Å². The van der Waals surface area contributed by atoms with E-state index in [0.29, 0.717) is 12.4 Å². The second-order valence-corrected chi connectivity index (χ2v) is 3.65. The van der Waals surface area contributed by atoms with Crippen molar-refractivity contribution in [3.63, 3.8) is 0 Å². The van der Waals surface area contributed by atoms with Crippen LogP contribution in [0.1, 0.15) is 26.2 Å². The summed E-state index contributed by atoms with van der Waals surface area (Å²) >= 11 is 0. The highest BCUT2D eigenvalue weighted by molar-refractivity contribution is 6.01. The second-order valence-electron chi connectivity index (χ2n) is 3.65. The van der Waals surface area contributed by atoms with Gasteiger partial charge in [-0.05, 0) is 12.8 Å². The molecule has 0 unspecified atom stereocenters. The summed E-state index contributed by atoms with van der Waals surface area (Å²) in [5, 5.41) is 0. The molecule has 2 rings (SSSR count).